The number of nitrogens with one attached hydrogen (secondary N) is 3. The van der Waals surface area contributed by atoms with E-state index in [-0.39, 0.29) is 0 Å². The SMILES string of the molecule is c1ccc(Sc2ccccc2Nc2cccc(Nc3ccccc3-c3ccc(Nc4ccc(-c5ccccc5)cc4)cc3)c2)cc1. The highest BCUT2D eigenvalue weighted by molar-refractivity contribution is 7.99. The van der Waals surface area contributed by atoms with Gasteiger partial charge in [0.1, 0.15) is 0 Å². The van der Waals surface area contributed by atoms with Gasteiger partial charge in [-0.25, -0.2) is 0 Å². The van der Waals surface area contributed by atoms with Crippen molar-refractivity contribution >= 4 is 45.9 Å². The van der Waals surface area contributed by atoms with E-state index in [1.807, 2.05) is 12.1 Å². The van der Waals surface area contributed by atoms with Gasteiger partial charge < -0.3 is 16.0 Å². The summed E-state index contributed by atoms with van der Waals surface area (Å²) in [5, 5.41) is 10.8. The average Bonchev–Trinajstić information content (AvgIpc) is 3.11. The Balaban J connectivity index is 1.04. The van der Waals surface area contributed by atoms with Crippen LogP contribution < -0.4 is 16.0 Å². The number of anilines is 6. The van der Waals surface area contributed by atoms with Gasteiger partial charge in [0.05, 0.1) is 5.69 Å². The molecule has 0 saturated heterocycles. The van der Waals surface area contributed by atoms with E-state index >= 15 is 0 Å². The zero-order valence-electron chi connectivity index (χ0n) is 25.2. The van der Waals surface area contributed by atoms with Gasteiger partial charge in [0.2, 0.25) is 0 Å². The monoisotopic (exact) mass is 611 g/mol. The van der Waals surface area contributed by atoms with Crippen LogP contribution in [-0.2, 0) is 0 Å². The third-order valence-electron chi connectivity index (χ3n) is 7.68. The second-order valence-corrected chi connectivity index (χ2v) is 12.0. The Morgan fingerprint density at radius 2 is 0.848 bits per heavy atom. The van der Waals surface area contributed by atoms with Crippen molar-refractivity contribution in [3.63, 3.8) is 0 Å². The Morgan fingerprint density at radius 3 is 1.54 bits per heavy atom. The third-order valence-corrected chi connectivity index (χ3v) is 8.77. The third kappa shape index (κ3) is 7.15. The second kappa shape index (κ2) is 13.9. The van der Waals surface area contributed by atoms with Crippen molar-refractivity contribution in [1.29, 1.82) is 0 Å². The summed E-state index contributed by atoms with van der Waals surface area (Å²) >= 11 is 1.76. The molecule has 0 aliphatic heterocycles. The van der Waals surface area contributed by atoms with Crippen LogP contribution in [0.3, 0.4) is 0 Å². The molecule has 0 heterocycles. The Bertz CT molecular complexity index is 2020. The van der Waals surface area contributed by atoms with Crippen LogP contribution in [0.1, 0.15) is 0 Å². The molecule has 0 fully saturated rings. The lowest BCUT2D eigenvalue weighted by atomic mass is 10.0. The fraction of sp³-hybridized carbons (Fsp3) is 0. The first-order valence-corrected chi connectivity index (χ1v) is 16.2. The normalized spacial score (nSPS) is 10.7. The maximum absolute atomic E-state index is 3.66. The van der Waals surface area contributed by atoms with Crippen molar-refractivity contribution in [1.82, 2.24) is 0 Å². The van der Waals surface area contributed by atoms with Crippen molar-refractivity contribution in [2.45, 2.75) is 9.79 Å². The predicted molar refractivity (Wildman–Crippen MR) is 197 cm³/mol. The van der Waals surface area contributed by atoms with Crippen molar-refractivity contribution < 1.29 is 0 Å². The molecule has 3 nitrogen and oxygen atoms in total. The van der Waals surface area contributed by atoms with Crippen molar-refractivity contribution in [2.24, 2.45) is 0 Å². The molecule has 0 aromatic heterocycles. The van der Waals surface area contributed by atoms with Crippen LogP contribution in [0.15, 0.2) is 192 Å². The van der Waals surface area contributed by atoms with Gasteiger partial charge in [-0.15, -0.1) is 0 Å². The van der Waals surface area contributed by atoms with Crippen LogP contribution in [0.4, 0.5) is 34.1 Å². The Morgan fingerprint density at radius 1 is 0.326 bits per heavy atom. The zero-order chi connectivity index (χ0) is 31.0. The minimum atomic E-state index is 1.02. The van der Waals surface area contributed by atoms with Gasteiger partial charge in [-0.2, -0.15) is 0 Å². The van der Waals surface area contributed by atoms with E-state index in [0.29, 0.717) is 0 Å². The van der Waals surface area contributed by atoms with Crippen LogP contribution in [-0.4, -0.2) is 0 Å². The van der Waals surface area contributed by atoms with Crippen LogP contribution in [0, 0.1) is 0 Å². The summed E-state index contributed by atoms with van der Waals surface area (Å²) < 4.78 is 0. The lowest BCUT2D eigenvalue weighted by Crippen LogP contribution is -1.96. The number of hydrogen-bond donors (Lipinski definition) is 3. The molecule has 0 aliphatic rings. The summed E-state index contributed by atoms with van der Waals surface area (Å²) in [5.74, 6) is 0. The molecule has 3 N–H and O–H groups in total. The average molecular weight is 612 g/mol. The number of hydrogen-bond acceptors (Lipinski definition) is 4. The van der Waals surface area contributed by atoms with Gasteiger partial charge in [0.25, 0.3) is 0 Å². The quantitative estimate of drug-likeness (QED) is 0.144. The fourth-order valence-corrected chi connectivity index (χ4v) is 6.30. The fourth-order valence-electron chi connectivity index (χ4n) is 5.38. The van der Waals surface area contributed by atoms with E-state index in [4.69, 9.17) is 0 Å². The first kappa shape index (κ1) is 29.0. The molecule has 0 atom stereocenters. The molecule has 4 heteroatoms. The van der Waals surface area contributed by atoms with E-state index in [1.54, 1.807) is 11.8 Å². The van der Waals surface area contributed by atoms with Gasteiger partial charge in [-0.1, -0.05) is 121 Å². The summed E-state index contributed by atoms with van der Waals surface area (Å²) in [4.78, 5) is 2.39. The number of rotatable bonds is 10. The van der Waals surface area contributed by atoms with E-state index in [1.165, 1.54) is 20.9 Å². The minimum Gasteiger partial charge on any atom is -0.356 e. The number of para-hydroxylation sites is 2. The maximum atomic E-state index is 3.66. The zero-order valence-corrected chi connectivity index (χ0v) is 26.0. The molecule has 0 spiro atoms. The van der Waals surface area contributed by atoms with Crippen molar-refractivity contribution in [2.75, 3.05) is 16.0 Å². The minimum absolute atomic E-state index is 1.02. The molecule has 7 rings (SSSR count). The van der Waals surface area contributed by atoms with Gasteiger partial charge in [-0.05, 0) is 89.5 Å². The first-order chi connectivity index (χ1) is 22.8. The van der Waals surface area contributed by atoms with Gasteiger partial charge in [0, 0.05) is 43.8 Å². The topological polar surface area (TPSA) is 36.1 Å². The molecule has 0 saturated carbocycles. The molecule has 7 aromatic carbocycles. The van der Waals surface area contributed by atoms with E-state index in [9.17, 15) is 0 Å². The second-order valence-electron chi connectivity index (χ2n) is 10.9. The summed E-state index contributed by atoms with van der Waals surface area (Å²) in [7, 11) is 0. The van der Waals surface area contributed by atoms with Crippen molar-refractivity contribution in [3.05, 3.63) is 182 Å². The highest BCUT2D eigenvalue weighted by Gasteiger charge is 2.08. The smallest absolute Gasteiger partial charge is 0.0526 e. The molecule has 46 heavy (non-hydrogen) atoms. The Kier molecular flexibility index (Phi) is 8.79. The van der Waals surface area contributed by atoms with Crippen LogP contribution in [0.5, 0.6) is 0 Å². The van der Waals surface area contributed by atoms with E-state index in [2.05, 4.69) is 186 Å². The molecule has 0 amide bonds. The number of benzene rings is 7. The molecule has 0 bridgehead atoms. The maximum Gasteiger partial charge on any atom is 0.0526 e. The summed E-state index contributed by atoms with van der Waals surface area (Å²) in [6, 6.07) is 63.4. The molecule has 7 aromatic rings. The lowest BCUT2D eigenvalue weighted by Gasteiger charge is -2.15. The van der Waals surface area contributed by atoms with E-state index in [0.717, 1.165) is 45.3 Å². The van der Waals surface area contributed by atoms with Gasteiger partial charge in [-0.3, -0.25) is 0 Å². The van der Waals surface area contributed by atoms with Crippen molar-refractivity contribution in [3.8, 4) is 22.3 Å². The molecule has 0 aliphatic carbocycles. The summed E-state index contributed by atoms with van der Waals surface area (Å²) in [5.41, 5.74) is 11.0. The Labute approximate surface area is 275 Å². The van der Waals surface area contributed by atoms with Crippen LogP contribution >= 0.6 is 11.8 Å². The molecular weight excluding hydrogens is 579 g/mol. The molecule has 0 radical (unpaired) electrons. The highest BCUT2D eigenvalue weighted by Crippen LogP contribution is 2.36. The van der Waals surface area contributed by atoms with Crippen LogP contribution in [0.2, 0.25) is 0 Å². The summed E-state index contributed by atoms with van der Waals surface area (Å²) in [6.07, 6.45) is 0. The first-order valence-electron chi connectivity index (χ1n) is 15.3. The molecular formula is C42H33N3S. The lowest BCUT2D eigenvalue weighted by molar-refractivity contribution is 1.38. The predicted octanol–water partition coefficient (Wildman–Crippen LogP) is 12.4. The van der Waals surface area contributed by atoms with E-state index < -0.39 is 0 Å². The highest BCUT2D eigenvalue weighted by atomic mass is 32.2. The molecule has 0 unspecified atom stereocenters. The standard InChI is InChI=1S/C42H33N3S/c1-3-12-31(13-4-1)32-22-26-34(27-23-32)43-35-28-24-33(25-29-35)39-18-7-8-19-40(39)44-36-14-11-15-37(30-36)45-41-20-9-10-21-42(41)46-38-16-5-2-6-17-38/h1-30,43-45H. The van der Waals surface area contributed by atoms with Gasteiger partial charge in [0.15, 0.2) is 0 Å². The largest absolute Gasteiger partial charge is 0.356 e. The molecule has 222 valence electrons. The van der Waals surface area contributed by atoms with Gasteiger partial charge >= 0.3 is 0 Å². The summed E-state index contributed by atoms with van der Waals surface area (Å²) in [6.45, 7) is 0. The Hall–Kier alpha value is -5.71. The van der Waals surface area contributed by atoms with Crippen LogP contribution in [0.25, 0.3) is 22.3 Å².